The number of nitrogens with zero attached hydrogens (tertiary/aromatic N) is 2. The van der Waals surface area contributed by atoms with Crippen molar-refractivity contribution in [1.29, 1.82) is 0 Å². The van der Waals surface area contributed by atoms with Gasteiger partial charge in [-0.1, -0.05) is 12.1 Å². The van der Waals surface area contributed by atoms with E-state index < -0.39 is 0 Å². The zero-order chi connectivity index (χ0) is 19.1. The Morgan fingerprint density at radius 3 is 2.68 bits per heavy atom. The van der Waals surface area contributed by atoms with Crippen LogP contribution < -0.4 is 10.1 Å². The molecule has 0 unspecified atom stereocenters. The third-order valence-corrected chi connectivity index (χ3v) is 7.36. The number of benzene rings is 1. The van der Waals surface area contributed by atoms with E-state index in [1.165, 1.54) is 44.1 Å². The summed E-state index contributed by atoms with van der Waals surface area (Å²) in [4.78, 5) is 17.7. The zero-order valence-electron chi connectivity index (χ0n) is 17.0. The van der Waals surface area contributed by atoms with Gasteiger partial charge in [0, 0.05) is 37.8 Å². The lowest BCUT2D eigenvalue weighted by Crippen LogP contribution is -2.61. The van der Waals surface area contributed by atoms with Crippen LogP contribution in [0.5, 0.6) is 5.75 Å². The number of nitrogens with one attached hydrogen (secondary N) is 1. The number of rotatable bonds is 5. The maximum atomic E-state index is 12.7. The minimum Gasteiger partial charge on any atom is -0.497 e. The molecule has 4 atom stereocenters. The maximum Gasteiger partial charge on any atom is 0.236 e. The lowest BCUT2D eigenvalue weighted by Gasteiger charge is -2.55. The Kier molecular flexibility index (Phi) is 5.06. The summed E-state index contributed by atoms with van der Waals surface area (Å²) in [6, 6.07) is 10.4. The summed E-state index contributed by atoms with van der Waals surface area (Å²) < 4.78 is 5.34. The molecule has 28 heavy (non-hydrogen) atoms. The first-order valence-corrected chi connectivity index (χ1v) is 11.1. The van der Waals surface area contributed by atoms with E-state index in [1.54, 1.807) is 7.11 Å². The molecule has 152 valence electrons. The molecule has 0 spiro atoms. The largest absolute Gasteiger partial charge is 0.497 e. The molecule has 2 bridgehead atoms. The van der Waals surface area contributed by atoms with E-state index >= 15 is 0 Å². The highest BCUT2D eigenvalue weighted by Crippen LogP contribution is 2.44. The highest BCUT2D eigenvalue weighted by atomic mass is 16.5. The Morgan fingerprint density at radius 1 is 1.11 bits per heavy atom. The number of methoxy groups -OCH3 is 1. The summed E-state index contributed by atoms with van der Waals surface area (Å²) in [5, 5.41) is 3.40. The Labute approximate surface area is 168 Å². The number of amides is 1. The van der Waals surface area contributed by atoms with Crippen LogP contribution in [0.15, 0.2) is 24.3 Å². The molecule has 1 aliphatic carbocycles. The van der Waals surface area contributed by atoms with Crippen molar-refractivity contribution in [3.05, 3.63) is 29.8 Å². The van der Waals surface area contributed by atoms with E-state index in [1.807, 2.05) is 0 Å². The van der Waals surface area contributed by atoms with Crippen LogP contribution >= 0.6 is 0 Å². The second-order valence-corrected chi connectivity index (χ2v) is 9.30. The third kappa shape index (κ3) is 3.67. The van der Waals surface area contributed by atoms with Crippen LogP contribution in [0.2, 0.25) is 0 Å². The molecule has 1 aromatic rings. The molecule has 0 radical (unpaired) electrons. The normalized spacial score (nSPS) is 32.7. The molecule has 1 aromatic carbocycles. The minimum absolute atomic E-state index is 0.317. The second kappa shape index (κ2) is 7.68. The molecule has 4 aliphatic rings. The first kappa shape index (κ1) is 18.4. The number of carbonyl (C=O) groups is 1. The number of ether oxygens (including phenoxy) is 1. The maximum absolute atomic E-state index is 12.7. The SMILES string of the molecule is COc1ccc([C@H]2CCC[C@H]3[C@@H]4C[C@@H](CN(C(=O)CNC5CC5)C4)CN23)cc1. The van der Waals surface area contributed by atoms with Crippen molar-refractivity contribution in [3.8, 4) is 5.75 Å². The molecule has 1 N–H and O–H groups in total. The fourth-order valence-corrected chi connectivity index (χ4v) is 5.83. The first-order valence-electron chi connectivity index (χ1n) is 11.1. The van der Waals surface area contributed by atoms with Gasteiger partial charge in [-0.25, -0.2) is 0 Å². The average molecular weight is 384 g/mol. The molecule has 5 rings (SSSR count). The molecule has 1 saturated carbocycles. The van der Waals surface area contributed by atoms with Crippen LogP contribution in [0.1, 0.15) is 50.1 Å². The lowest BCUT2D eigenvalue weighted by molar-refractivity contribution is -0.138. The predicted octanol–water partition coefficient (Wildman–Crippen LogP) is 2.82. The van der Waals surface area contributed by atoms with E-state index in [0.717, 1.165) is 25.4 Å². The molecule has 3 heterocycles. The van der Waals surface area contributed by atoms with Gasteiger partial charge in [-0.15, -0.1) is 0 Å². The first-order chi connectivity index (χ1) is 13.7. The van der Waals surface area contributed by atoms with Gasteiger partial charge in [0.15, 0.2) is 0 Å². The summed E-state index contributed by atoms with van der Waals surface area (Å²) >= 11 is 0. The monoisotopic (exact) mass is 383 g/mol. The predicted molar refractivity (Wildman–Crippen MR) is 109 cm³/mol. The van der Waals surface area contributed by atoms with Crippen LogP contribution in [-0.4, -0.2) is 61.1 Å². The van der Waals surface area contributed by atoms with Gasteiger partial charge in [-0.2, -0.15) is 0 Å². The molecule has 4 fully saturated rings. The van der Waals surface area contributed by atoms with Crippen molar-refractivity contribution < 1.29 is 9.53 Å². The summed E-state index contributed by atoms with van der Waals surface area (Å²) in [6.07, 6.45) is 7.60. The van der Waals surface area contributed by atoms with Crippen LogP contribution in [0, 0.1) is 11.8 Å². The Morgan fingerprint density at radius 2 is 1.93 bits per heavy atom. The van der Waals surface area contributed by atoms with E-state index in [-0.39, 0.29) is 0 Å². The van der Waals surface area contributed by atoms with Gasteiger partial charge in [0.25, 0.3) is 0 Å². The summed E-state index contributed by atoms with van der Waals surface area (Å²) in [5.74, 6) is 2.51. The molecular weight excluding hydrogens is 350 g/mol. The molecule has 5 nitrogen and oxygen atoms in total. The van der Waals surface area contributed by atoms with E-state index in [4.69, 9.17) is 4.74 Å². The van der Waals surface area contributed by atoms with Crippen molar-refractivity contribution in [2.75, 3.05) is 33.3 Å². The Bertz CT molecular complexity index is 702. The number of piperidine rings is 3. The standard InChI is InChI=1S/C23H33N3O2/c1-28-20-9-5-17(6-10-20)21-3-2-4-22-18-11-16(14-26(21)22)13-25(15-18)23(27)12-24-19-7-8-19/h5-6,9-10,16,18-19,21-22,24H,2-4,7-8,11-15H2,1H3/t16-,18+,21+,22-/m0/s1. The van der Waals surface area contributed by atoms with E-state index in [9.17, 15) is 4.79 Å². The number of fused-ring (bicyclic) bond motifs is 4. The summed E-state index contributed by atoms with van der Waals surface area (Å²) in [7, 11) is 1.73. The zero-order valence-corrected chi connectivity index (χ0v) is 17.0. The van der Waals surface area contributed by atoms with Gasteiger partial charge in [0.2, 0.25) is 5.91 Å². The van der Waals surface area contributed by atoms with Gasteiger partial charge in [-0.05, 0) is 68.1 Å². The second-order valence-electron chi connectivity index (χ2n) is 9.30. The molecule has 5 heteroatoms. The van der Waals surface area contributed by atoms with Crippen molar-refractivity contribution >= 4 is 5.91 Å². The molecule has 1 amide bonds. The van der Waals surface area contributed by atoms with Crippen molar-refractivity contribution in [2.45, 2.75) is 56.7 Å². The fourth-order valence-electron chi connectivity index (χ4n) is 5.83. The van der Waals surface area contributed by atoms with Crippen LogP contribution in [-0.2, 0) is 4.79 Å². The van der Waals surface area contributed by atoms with Crippen molar-refractivity contribution in [3.63, 3.8) is 0 Å². The van der Waals surface area contributed by atoms with Crippen molar-refractivity contribution in [2.24, 2.45) is 11.8 Å². The van der Waals surface area contributed by atoms with Crippen LogP contribution in [0.25, 0.3) is 0 Å². The quantitative estimate of drug-likeness (QED) is 0.849. The molecule has 3 saturated heterocycles. The Hall–Kier alpha value is -1.59. The lowest BCUT2D eigenvalue weighted by atomic mass is 9.74. The minimum atomic E-state index is 0.317. The number of hydrogen-bond acceptors (Lipinski definition) is 4. The van der Waals surface area contributed by atoms with E-state index in [2.05, 4.69) is 39.4 Å². The van der Waals surface area contributed by atoms with Gasteiger partial charge in [0.1, 0.15) is 5.75 Å². The Balaban J connectivity index is 1.28. The molecule has 3 aliphatic heterocycles. The highest BCUT2D eigenvalue weighted by molar-refractivity contribution is 5.78. The number of likely N-dealkylation sites (tertiary alicyclic amines) is 1. The number of carbonyl (C=O) groups excluding carboxylic acids is 1. The third-order valence-electron chi connectivity index (χ3n) is 7.36. The smallest absolute Gasteiger partial charge is 0.236 e. The molecule has 0 aromatic heterocycles. The van der Waals surface area contributed by atoms with E-state index in [0.29, 0.717) is 42.4 Å². The van der Waals surface area contributed by atoms with Crippen molar-refractivity contribution in [1.82, 2.24) is 15.1 Å². The van der Waals surface area contributed by atoms with Gasteiger partial charge < -0.3 is 15.0 Å². The van der Waals surface area contributed by atoms with Gasteiger partial charge in [0.05, 0.1) is 13.7 Å². The van der Waals surface area contributed by atoms with Gasteiger partial charge >= 0.3 is 0 Å². The highest BCUT2D eigenvalue weighted by Gasteiger charge is 2.45. The van der Waals surface area contributed by atoms with Gasteiger partial charge in [-0.3, -0.25) is 9.69 Å². The molecular formula is C23H33N3O2. The fraction of sp³-hybridized carbons (Fsp3) is 0.696. The topological polar surface area (TPSA) is 44.8 Å². The van der Waals surface area contributed by atoms with Crippen LogP contribution in [0.3, 0.4) is 0 Å². The summed E-state index contributed by atoms with van der Waals surface area (Å²) in [5.41, 5.74) is 1.42. The number of hydrogen-bond donors (Lipinski definition) is 1. The average Bonchev–Trinajstić information content (AvgIpc) is 3.56. The summed E-state index contributed by atoms with van der Waals surface area (Å²) in [6.45, 7) is 3.57. The van der Waals surface area contributed by atoms with Crippen LogP contribution in [0.4, 0.5) is 0 Å².